The van der Waals surface area contributed by atoms with Crippen molar-refractivity contribution < 1.29 is 13.9 Å². The lowest BCUT2D eigenvalue weighted by atomic mass is 10.2. The average Bonchev–Trinajstić information content (AvgIpc) is 3.04. The van der Waals surface area contributed by atoms with Crippen LogP contribution in [0.15, 0.2) is 51.7 Å². The van der Waals surface area contributed by atoms with Gasteiger partial charge >= 0.3 is 5.97 Å². The van der Waals surface area contributed by atoms with E-state index in [1.807, 2.05) is 0 Å². The number of furan rings is 1. The first-order chi connectivity index (χ1) is 9.63. The standard InChI is InChI=1S/C14H7Cl2NO3/c15-8-3-4-11(16)10(6-8)13-17-12(14(18)20-13)7-9-2-1-5-19-9/h1-7H/b12-7-. The van der Waals surface area contributed by atoms with Crippen molar-refractivity contribution in [2.45, 2.75) is 0 Å². The van der Waals surface area contributed by atoms with Crippen LogP contribution in [-0.4, -0.2) is 11.9 Å². The van der Waals surface area contributed by atoms with Gasteiger partial charge in [-0.1, -0.05) is 23.2 Å². The molecule has 1 aliphatic rings. The molecule has 6 heteroatoms. The molecule has 0 bridgehead atoms. The van der Waals surface area contributed by atoms with Gasteiger partial charge in [0, 0.05) is 11.1 Å². The van der Waals surface area contributed by atoms with Crippen molar-refractivity contribution in [3.8, 4) is 0 Å². The largest absolute Gasteiger partial charge is 0.465 e. The van der Waals surface area contributed by atoms with Gasteiger partial charge < -0.3 is 9.15 Å². The number of aliphatic imine (C=N–C) groups is 1. The zero-order valence-corrected chi connectivity index (χ0v) is 11.5. The predicted molar refractivity (Wildman–Crippen MR) is 75.8 cm³/mol. The van der Waals surface area contributed by atoms with E-state index in [2.05, 4.69) is 4.99 Å². The Morgan fingerprint density at radius 2 is 2.05 bits per heavy atom. The van der Waals surface area contributed by atoms with Crippen molar-refractivity contribution >= 4 is 41.1 Å². The third-order valence-electron chi connectivity index (χ3n) is 2.60. The average molecular weight is 308 g/mol. The molecule has 0 amide bonds. The van der Waals surface area contributed by atoms with Gasteiger partial charge in [0.05, 0.1) is 16.8 Å². The summed E-state index contributed by atoms with van der Waals surface area (Å²) >= 11 is 11.9. The number of hydrogen-bond acceptors (Lipinski definition) is 4. The van der Waals surface area contributed by atoms with Crippen LogP contribution in [0.25, 0.3) is 6.08 Å². The molecule has 0 aliphatic carbocycles. The number of nitrogens with zero attached hydrogens (tertiary/aromatic N) is 1. The molecule has 3 rings (SSSR count). The van der Waals surface area contributed by atoms with E-state index < -0.39 is 5.97 Å². The van der Waals surface area contributed by atoms with E-state index in [-0.39, 0.29) is 11.6 Å². The molecular formula is C14H7Cl2NO3. The molecule has 2 heterocycles. The molecule has 1 aromatic carbocycles. The highest BCUT2D eigenvalue weighted by molar-refractivity contribution is 6.36. The lowest BCUT2D eigenvalue weighted by Gasteiger charge is -2.02. The van der Waals surface area contributed by atoms with Gasteiger partial charge in [-0.25, -0.2) is 9.79 Å². The van der Waals surface area contributed by atoms with E-state index in [1.165, 1.54) is 12.3 Å². The minimum absolute atomic E-state index is 0.125. The second-order valence-corrected chi connectivity index (χ2v) is 4.82. The Morgan fingerprint density at radius 3 is 2.80 bits per heavy atom. The summed E-state index contributed by atoms with van der Waals surface area (Å²) in [4.78, 5) is 15.9. The van der Waals surface area contributed by atoms with Gasteiger partial charge in [0.1, 0.15) is 5.76 Å². The Balaban J connectivity index is 2.00. The number of esters is 1. The molecule has 0 N–H and O–H groups in total. The highest BCUT2D eigenvalue weighted by atomic mass is 35.5. The second kappa shape index (κ2) is 5.15. The molecule has 0 saturated heterocycles. The van der Waals surface area contributed by atoms with E-state index in [9.17, 15) is 4.79 Å². The van der Waals surface area contributed by atoms with Crippen LogP contribution in [0.3, 0.4) is 0 Å². The SMILES string of the molecule is O=C1OC(c2cc(Cl)ccc2Cl)=N/C1=C\c1ccco1. The van der Waals surface area contributed by atoms with Gasteiger partial charge in [0.25, 0.3) is 0 Å². The van der Waals surface area contributed by atoms with Crippen molar-refractivity contribution in [3.63, 3.8) is 0 Å². The third-order valence-corrected chi connectivity index (χ3v) is 3.17. The van der Waals surface area contributed by atoms with Crippen LogP contribution < -0.4 is 0 Å². The molecule has 0 unspecified atom stereocenters. The Kier molecular flexibility index (Phi) is 3.34. The number of carbonyl (C=O) groups excluding carboxylic acids is 1. The molecule has 4 nitrogen and oxygen atoms in total. The van der Waals surface area contributed by atoms with Crippen molar-refractivity contribution in [3.05, 3.63) is 63.7 Å². The molecule has 100 valence electrons. The molecule has 1 aliphatic heterocycles. The van der Waals surface area contributed by atoms with Gasteiger partial charge in [-0.15, -0.1) is 0 Å². The maximum atomic E-state index is 11.8. The van der Waals surface area contributed by atoms with E-state index >= 15 is 0 Å². The Labute approximate surface area is 124 Å². The number of ether oxygens (including phenoxy) is 1. The molecule has 0 atom stereocenters. The van der Waals surface area contributed by atoms with Gasteiger partial charge in [-0.3, -0.25) is 0 Å². The summed E-state index contributed by atoms with van der Waals surface area (Å²) in [5, 5.41) is 0.881. The van der Waals surface area contributed by atoms with Crippen LogP contribution in [0.5, 0.6) is 0 Å². The van der Waals surface area contributed by atoms with Gasteiger partial charge in [0.15, 0.2) is 5.70 Å². The summed E-state index contributed by atoms with van der Waals surface area (Å²) in [6, 6.07) is 8.27. The Morgan fingerprint density at radius 1 is 1.20 bits per heavy atom. The lowest BCUT2D eigenvalue weighted by molar-refractivity contribution is -0.129. The maximum Gasteiger partial charge on any atom is 0.363 e. The summed E-state index contributed by atoms with van der Waals surface area (Å²) in [5.41, 5.74) is 0.612. The van der Waals surface area contributed by atoms with Gasteiger partial charge in [-0.05, 0) is 30.3 Å². The number of carbonyl (C=O) groups is 1. The predicted octanol–water partition coefficient (Wildman–Crippen LogP) is 3.93. The molecule has 20 heavy (non-hydrogen) atoms. The molecule has 1 aromatic heterocycles. The number of cyclic esters (lactones) is 1. The number of halogens is 2. The fourth-order valence-electron chi connectivity index (χ4n) is 1.69. The van der Waals surface area contributed by atoms with Crippen LogP contribution in [0, 0.1) is 0 Å². The quantitative estimate of drug-likeness (QED) is 0.624. The van der Waals surface area contributed by atoms with Crippen LogP contribution in [0.1, 0.15) is 11.3 Å². The van der Waals surface area contributed by atoms with Crippen molar-refractivity contribution in [1.29, 1.82) is 0 Å². The zero-order valence-electron chi connectivity index (χ0n) is 9.97. The van der Waals surface area contributed by atoms with Crippen molar-refractivity contribution in [1.82, 2.24) is 0 Å². The molecule has 2 aromatic rings. The number of hydrogen-bond donors (Lipinski definition) is 0. The highest BCUT2D eigenvalue weighted by Crippen LogP contribution is 2.26. The zero-order chi connectivity index (χ0) is 14.1. The van der Waals surface area contributed by atoms with E-state index in [1.54, 1.807) is 30.3 Å². The van der Waals surface area contributed by atoms with E-state index in [0.29, 0.717) is 21.4 Å². The molecular weight excluding hydrogens is 301 g/mol. The first kappa shape index (κ1) is 13.0. The molecule has 0 saturated carbocycles. The second-order valence-electron chi connectivity index (χ2n) is 3.98. The summed E-state index contributed by atoms with van der Waals surface area (Å²) in [5.74, 6) is 0.0758. The normalized spacial score (nSPS) is 16.4. The minimum Gasteiger partial charge on any atom is -0.465 e. The smallest absolute Gasteiger partial charge is 0.363 e. The Hall–Kier alpha value is -2.04. The molecule has 0 radical (unpaired) electrons. The summed E-state index contributed by atoms with van der Waals surface area (Å²) in [6.07, 6.45) is 3.00. The molecule has 0 fully saturated rings. The number of rotatable bonds is 2. The van der Waals surface area contributed by atoms with Crippen LogP contribution in [0.4, 0.5) is 0 Å². The summed E-state index contributed by atoms with van der Waals surface area (Å²) in [6.45, 7) is 0. The van der Waals surface area contributed by atoms with E-state index in [0.717, 1.165) is 0 Å². The first-order valence-electron chi connectivity index (χ1n) is 5.65. The van der Waals surface area contributed by atoms with Crippen molar-refractivity contribution in [2.24, 2.45) is 4.99 Å². The topological polar surface area (TPSA) is 51.8 Å². The maximum absolute atomic E-state index is 11.8. The van der Waals surface area contributed by atoms with Crippen LogP contribution in [0.2, 0.25) is 10.0 Å². The fraction of sp³-hybridized carbons (Fsp3) is 0. The third kappa shape index (κ3) is 2.48. The highest BCUT2D eigenvalue weighted by Gasteiger charge is 2.26. The van der Waals surface area contributed by atoms with Gasteiger partial charge in [0.2, 0.25) is 5.90 Å². The van der Waals surface area contributed by atoms with Crippen LogP contribution in [-0.2, 0) is 9.53 Å². The molecule has 0 spiro atoms. The monoisotopic (exact) mass is 307 g/mol. The van der Waals surface area contributed by atoms with Crippen molar-refractivity contribution in [2.75, 3.05) is 0 Å². The fourth-order valence-corrected chi connectivity index (χ4v) is 2.06. The minimum atomic E-state index is -0.563. The number of benzene rings is 1. The Bertz CT molecular complexity index is 733. The first-order valence-corrected chi connectivity index (χ1v) is 6.40. The summed E-state index contributed by atoms with van der Waals surface area (Å²) in [7, 11) is 0. The summed E-state index contributed by atoms with van der Waals surface area (Å²) < 4.78 is 10.2. The van der Waals surface area contributed by atoms with Crippen LogP contribution >= 0.6 is 23.2 Å². The van der Waals surface area contributed by atoms with Gasteiger partial charge in [-0.2, -0.15) is 0 Å². The lowest BCUT2D eigenvalue weighted by Crippen LogP contribution is -2.05. The van der Waals surface area contributed by atoms with E-state index in [4.69, 9.17) is 32.4 Å².